The lowest BCUT2D eigenvalue weighted by molar-refractivity contribution is 0.0587. The van der Waals surface area contributed by atoms with Gasteiger partial charge >= 0.3 is 5.97 Å². The molecule has 0 atom stereocenters. The number of esters is 1. The second-order valence-corrected chi connectivity index (χ2v) is 3.82. The molecule has 2 aromatic heterocycles. The van der Waals surface area contributed by atoms with Gasteiger partial charge in [0.25, 0.3) is 0 Å². The topological polar surface area (TPSA) is 86.2 Å². The number of pyridine rings is 1. The van der Waals surface area contributed by atoms with Crippen molar-refractivity contribution >= 4 is 11.8 Å². The Labute approximate surface area is 116 Å². The molecule has 0 saturated heterocycles. The Bertz CT molecular complexity index is 586. The number of aromatic nitrogens is 3. The van der Waals surface area contributed by atoms with Gasteiger partial charge in [0.1, 0.15) is 5.82 Å². The maximum Gasteiger partial charge on any atom is 0.376 e. The SMILES string of the molecule is COC(=O)c1nccc(NCc2ccc(OC)nc2)n1. The monoisotopic (exact) mass is 274 g/mol. The van der Waals surface area contributed by atoms with Gasteiger partial charge in [-0.15, -0.1) is 0 Å². The Hall–Kier alpha value is -2.70. The van der Waals surface area contributed by atoms with Crippen molar-refractivity contribution in [3.8, 4) is 5.88 Å². The Morgan fingerprint density at radius 3 is 2.75 bits per heavy atom. The summed E-state index contributed by atoms with van der Waals surface area (Å²) in [6.45, 7) is 0.522. The van der Waals surface area contributed by atoms with Crippen LogP contribution in [0.15, 0.2) is 30.6 Å². The third kappa shape index (κ3) is 3.41. The molecule has 7 heteroatoms. The average molecular weight is 274 g/mol. The summed E-state index contributed by atoms with van der Waals surface area (Å²) in [6, 6.07) is 5.33. The van der Waals surface area contributed by atoms with E-state index in [4.69, 9.17) is 4.74 Å². The molecule has 104 valence electrons. The minimum atomic E-state index is -0.570. The van der Waals surface area contributed by atoms with Crippen LogP contribution < -0.4 is 10.1 Å². The van der Waals surface area contributed by atoms with Crippen LogP contribution in [0.3, 0.4) is 0 Å². The number of carbonyl (C=O) groups excluding carboxylic acids is 1. The first-order valence-corrected chi connectivity index (χ1v) is 5.87. The van der Waals surface area contributed by atoms with Crippen molar-refractivity contribution in [2.45, 2.75) is 6.54 Å². The summed E-state index contributed by atoms with van der Waals surface area (Å²) in [4.78, 5) is 23.3. The van der Waals surface area contributed by atoms with Crippen LogP contribution in [0.1, 0.15) is 16.2 Å². The van der Waals surface area contributed by atoms with Gasteiger partial charge in [0.15, 0.2) is 0 Å². The van der Waals surface area contributed by atoms with Crippen molar-refractivity contribution in [3.05, 3.63) is 42.0 Å². The van der Waals surface area contributed by atoms with E-state index < -0.39 is 5.97 Å². The molecule has 0 radical (unpaired) electrons. The zero-order valence-electron chi connectivity index (χ0n) is 11.2. The molecule has 2 rings (SSSR count). The van der Waals surface area contributed by atoms with Crippen LogP contribution >= 0.6 is 0 Å². The van der Waals surface area contributed by atoms with Crippen molar-refractivity contribution in [3.63, 3.8) is 0 Å². The van der Waals surface area contributed by atoms with Crippen molar-refractivity contribution in [1.82, 2.24) is 15.0 Å². The van der Waals surface area contributed by atoms with E-state index in [9.17, 15) is 4.79 Å². The van der Waals surface area contributed by atoms with Crippen molar-refractivity contribution in [2.24, 2.45) is 0 Å². The maximum absolute atomic E-state index is 11.3. The molecule has 0 aliphatic carbocycles. The highest BCUT2D eigenvalue weighted by atomic mass is 16.5. The van der Waals surface area contributed by atoms with Gasteiger partial charge in [-0.05, 0) is 11.6 Å². The molecule has 0 bridgehead atoms. The average Bonchev–Trinajstić information content (AvgIpc) is 2.53. The van der Waals surface area contributed by atoms with Crippen molar-refractivity contribution in [1.29, 1.82) is 0 Å². The molecule has 0 unspecified atom stereocenters. The van der Waals surface area contributed by atoms with Gasteiger partial charge in [0, 0.05) is 25.0 Å². The smallest absolute Gasteiger partial charge is 0.376 e. The maximum atomic E-state index is 11.3. The zero-order valence-corrected chi connectivity index (χ0v) is 11.2. The normalized spacial score (nSPS) is 9.90. The lowest BCUT2D eigenvalue weighted by Crippen LogP contribution is -2.10. The molecular weight excluding hydrogens is 260 g/mol. The highest BCUT2D eigenvalue weighted by Crippen LogP contribution is 2.09. The van der Waals surface area contributed by atoms with Gasteiger partial charge in [0.05, 0.1) is 14.2 Å². The lowest BCUT2D eigenvalue weighted by Gasteiger charge is -2.06. The molecule has 2 heterocycles. The number of methoxy groups -OCH3 is 2. The Balaban J connectivity index is 2.01. The number of ether oxygens (including phenoxy) is 2. The second kappa shape index (κ2) is 6.46. The van der Waals surface area contributed by atoms with Gasteiger partial charge in [-0.2, -0.15) is 0 Å². The minimum absolute atomic E-state index is 0.0188. The van der Waals surface area contributed by atoms with Gasteiger partial charge in [-0.3, -0.25) is 0 Å². The predicted octanol–water partition coefficient (Wildman–Crippen LogP) is 1.28. The Kier molecular flexibility index (Phi) is 4.43. The summed E-state index contributed by atoms with van der Waals surface area (Å²) >= 11 is 0. The molecule has 1 N–H and O–H groups in total. The first-order valence-electron chi connectivity index (χ1n) is 5.87. The summed E-state index contributed by atoms with van der Waals surface area (Å²) in [6.07, 6.45) is 3.20. The first kappa shape index (κ1) is 13.7. The molecule has 7 nitrogen and oxygen atoms in total. The van der Waals surface area contributed by atoms with E-state index in [0.29, 0.717) is 18.2 Å². The van der Waals surface area contributed by atoms with E-state index >= 15 is 0 Å². The molecular formula is C13H14N4O3. The fourth-order valence-corrected chi connectivity index (χ4v) is 1.48. The molecule has 2 aromatic rings. The standard InChI is InChI=1S/C13H14N4O3/c1-19-11-4-3-9(8-16-11)7-15-10-5-6-14-12(17-10)13(18)20-2/h3-6,8H,7H2,1-2H3,(H,14,15,17). The van der Waals surface area contributed by atoms with E-state index in [1.807, 2.05) is 6.07 Å². The predicted molar refractivity (Wildman–Crippen MR) is 71.5 cm³/mol. The van der Waals surface area contributed by atoms with Crippen molar-refractivity contribution in [2.75, 3.05) is 19.5 Å². The molecule has 0 fully saturated rings. The highest BCUT2D eigenvalue weighted by Gasteiger charge is 2.09. The molecule has 0 aromatic carbocycles. The number of nitrogens with zero attached hydrogens (tertiary/aromatic N) is 3. The van der Waals surface area contributed by atoms with Crippen LogP contribution in [0, 0.1) is 0 Å². The molecule has 0 aliphatic heterocycles. The molecule has 0 amide bonds. The van der Waals surface area contributed by atoms with Gasteiger partial charge in [0.2, 0.25) is 11.7 Å². The first-order chi connectivity index (χ1) is 9.72. The molecule has 0 spiro atoms. The van der Waals surface area contributed by atoms with Crippen LogP contribution in [0.25, 0.3) is 0 Å². The Morgan fingerprint density at radius 2 is 2.10 bits per heavy atom. The van der Waals surface area contributed by atoms with Gasteiger partial charge in [-0.1, -0.05) is 6.07 Å². The van der Waals surface area contributed by atoms with Crippen LogP contribution in [0.4, 0.5) is 5.82 Å². The minimum Gasteiger partial charge on any atom is -0.481 e. The third-order valence-corrected chi connectivity index (χ3v) is 2.50. The van der Waals surface area contributed by atoms with Crippen molar-refractivity contribution < 1.29 is 14.3 Å². The van der Waals surface area contributed by atoms with E-state index in [1.54, 1.807) is 25.4 Å². The number of rotatable bonds is 5. The van der Waals surface area contributed by atoms with Gasteiger partial charge in [-0.25, -0.2) is 19.7 Å². The zero-order chi connectivity index (χ0) is 14.4. The van der Waals surface area contributed by atoms with E-state index in [-0.39, 0.29) is 5.82 Å². The van der Waals surface area contributed by atoms with E-state index in [2.05, 4.69) is 25.0 Å². The second-order valence-electron chi connectivity index (χ2n) is 3.82. The molecule has 0 aliphatic rings. The van der Waals surface area contributed by atoms with Crippen LogP contribution in [0.2, 0.25) is 0 Å². The van der Waals surface area contributed by atoms with Gasteiger partial charge < -0.3 is 14.8 Å². The number of hydrogen-bond donors (Lipinski definition) is 1. The number of carbonyl (C=O) groups is 1. The quantitative estimate of drug-likeness (QED) is 0.822. The lowest BCUT2D eigenvalue weighted by atomic mass is 10.3. The Morgan fingerprint density at radius 1 is 1.25 bits per heavy atom. The summed E-state index contributed by atoms with van der Waals surface area (Å²) in [5.74, 6) is 0.546. The van der Waals surface area contributed by atoms with Crippen LogP contribution in [-0.2, 0) is 11.3 Å². The highest BCUT2D eigenvalue weighted by molar-refractivity contribution is 5.85. The number of hydrogen-bond acceptors (Lipinski definition) is 7. The summed E-state index contributed by atoms with van der Waals surface area (Å²) in [5, 5.41) is 3.08. The third-order valence-electron chi connectivity index (χ3n) is 2.50. The largest absolute Gasteiger partial charge is 0.481 e. The number of nitrogens with one attached hydrogen (secondary N) is 1. The summed E-state index contributed by atoms with van der Waals surface area (Å²) in [5.41, 5.74) is 0.962. The van der Waals surface area contributed by atoms with Crippen LogP contribution in [-0.4, -0.2) is 35.1 Å². The summed E-state index contributed by atoms with van der Waals surface area (Å²) in [7, 11) is 2.85. The summed E-state index contributed by atoms with van der Waals surface area (Å²) < 4.78 is 9.55. The fourth-order valence-electron chi connectivity index (χ4n) is 1.48. The van der Waals surface area contributed by atoms with E-state index in [1.165, 1.54) is 13.3 Å². The van der Waals surface area contributed by atoms with Crippen LogP contribution in [0.5, 0.6) is 5.88 Å². The number of anilines is 1. The molecule has 20 heavy (non-hydrogen) atoms. The fraction of sp³-hybridized carbons (Fsp3) is 0.231. The van der Waals surface area contributed by atoms with E-state index in [0.717, 1.165) is 5.56 Å². The molecule has 0 saturated carbocycles.